The van der Waals surface area contributed by atoms with Gasteiger partial charge in [0.15, 0.2) is 5.78 Å². The maximum atomic E-state index is 13.7. The van der Waals surface area contributed by atoms with E-state index in [9.17, 15) is 14.4 Å². The molecule has 2 fully saturated rings. The molecule has 2 amide bonds. The lowest BCUT2D eigenvalue weighted by Gasteiger charge is -2.35. The molecule has 0 bridgehead atoms. The van der Waals surface area contributed by atoms with Crippen molar-refractivity contribution >= 4 is 40.7 Å². The third-order valence-electron chi connectivity index (χ3n) is 6.51. The molecule has 2 aromatic carbocycles. The number of rotatable bonds is 3. The van der Waals surface area contributed by atoms with E-state index in [1.165, 1.54) is 16.2 Å². The van der Waals surface area contributed by atoms with Crippen molar-refractivity contribution in [1.29, 1.82) is 0 Å². The van der Waals surface area contributed by atoms with E-state index in [0.29, 0.717) is 10.6 Å². The van der Waals surface area contributed by atoms with Crippen LogP contribution in [0.25, 0.3) is 6.08 Å². The normalized spacial score (nSPS) is 26.1. The minimum absolute atomic E-state index is 0.104. The molecule has 3 aliphatic rings. The van der Waals surface area contributed by atoms with Crippen LogP contribution < -0.4 is 4.90 Å². The second-order valence-electron chi connectivity index (χ2n) is 8.02. The molecule has 0 radical (unpaired) electrons. The summed E-state index contributed by atoms with van der Waals surface area (Å²) in [6.45, 7) is 0. The third kappa shape index (κ3) is 2.51. The van der Waals surface area contributed by atoms with Crippen molar-refractivity contribution in [3.05, 3.63) is 94.3 Å². The largest absolute Gasteiger partial charge is 0.358 e. The van der Waals surface area contributed by atoms with Crippen LogP contribution in [0.3, 0.4) is 0 Å². The van der Waals surface area contributed by atoms with Gasteiger partial charge in [0.1, 0.15) is 6.04 Å². The van der Waals surface area contributed by atoms with E-state index in [-0.39, 0.29) is 23.6 Å². The zero-order chi connectivity index (χ0) is 21.1. The van der Waals surface area contributed by atoms with Crippen molar-refractivity contribution in [3.8, 4) is 0 Å². The van der Waals surface area contributed by atoms with Gasteiger partial charge in [-0.1, -0.05) is 48.5 Å². The topological polar surface area (TPSA) is 57.7 Å². The van der Waals surface area contributed by atoms with Gasteiger partial charge in [0.2, 0.25) is 11.8 Å². The summed E-state index contributed by atoms with van der Waals surface area (Å²) in [5, 5.41) is 1.86. The van der Waals surface area contributed by atoms with Gasteiger partial charge in [0.05, 0.1) is 28.4 Å². The van der Waals surface area contributed by atoms with Gasteiger partial charge >= 0.3 is 0 Å². The van der Waals surface area contributed by atoms with Gasteiger partial charge in [-0.2, -0.15) is 0 Å². The molecule has 0 saturated carbocycles. The summed E-state index contributed by atoms with van der Waals surface area (Å²) >= 11 is 1.37. The number of carbonyl (C=O) groups excluding carboxylic acids is 3. The Morgan fingerprint density at radius 1 is 0.839 bits per heavy atom. The van der Waals surface area contributed by atoms with E-state index in [2.05, 4.69) is 0 Å². The number of carbonyl (C=O) groups is 3. The monoisotopic (exact) mass is 426 g/mol. The molecule has 4 heterocycles. The fourth-order valence-corrected chi connectivity index (χ4v) is 5.95. The second kappa shape index (κ2) is 6.75. The summed E-state index contributed by atoms with van der Waals surface area (Å²) in [4.78, 5) is 44.7. The number of para-hydroxylation sites is 1. The molecule has 0 spiro atoms. The number of thiophene rings is 1. The fraction of sp³-hybridized carbons (Fsp3) is 0.160. The first-order chi connectivity index (χ1) is 15.2. The first-order valence-corrected chi connectivity index (χ1v) is 11.1. The van der Waals surface area contributed by atoms with E-state index >= 15 is 0 Å². The van der Waals surface area contributed by atoms with Crippen LogP contribution in [0.4, 0.5) is 5.69 Å². The van der Waals surface area contributed by atoms with Crippen LogP contribution >= 0.6 is 11.3 Å². The highest BCUT2D eigenvalue weighted by Crippen LogP contribution is 2.53. The number of imide groups is 1. The molecule has 2 saturated heterocycles. The lowest BCUT2D eigenvalue weighted by atomic mass is 9.84. The highest BCUT2D eigenvalue weighted by Gasteiger charge is 2.64. The molecule has 6 rings (SSSR count). The average molecular weight is 426 g/mol. The second-order valence-corrected chi connectivity index (χ2v) is 8.97. The van der Waals surface area contributed by atoms with Crippen LogP contribution in [-0.4, -0.2) is 28.5 Å². The zero-order valence-electron chi connectivity index (χ0n) is 16.4. The number of anilines is 1. The Morgan fingerprint density at radius 3 is 2.35 bits per heavy atom. The number of ketones is 1. The summed E-state index contributed by atoms with van der Waals surface area (Å²) in [5.74, 6) is -1.96. The summed E-state index contributed by atoms with van der Waals surface area (Å²) in [7, 11) is 0. The average Bonchev–Trinajstić information content (AvgIpc) is 3.50. The predicted molar refractivity (Wildman–Crippen MR) is 118 cm³/mol. The first-order valence-electron chi connectivity index (χ1n) is 10.2. The van der Waals surface area contributed by atoms with Crippen LogP contribution in [0, 0.1) is 11.8 Å². The Balaban J connectivity index is 1.52. The number of amides is 2. The number of hydrogen-bond acceptors (Lipinski definition) is 5. The van der Waals surface area contributed by atoms with E-state index in [1.807, 2.05) is 71.1 Å². The van der Waals surface area contributed by atoms with E-state index in [4.69, 9.17) is 0 Å². The zero-order valence-corrected chi connectivity index (χ0v) is 17.2. The highest BCUT2D eigenvalue weighted by molar-refractivity contribution is 7.12. The molecular weight excluding hydrogens is 408 g/mol. The van der Waals surface area contributed by atoms with Crippen LogP contribution in [0.5, 0.6) is 0 Å². The molecule has 4 atom stereocenters. The number of fused-ring (bicyclic) bond motifs is 5. The Bertz CT molecular complexity index is 1230. The van der Waals surface area contributed by atoms with Gasteiger partial charge in [-0.05, 0) is 40.8 Å². The van der Waals surface area contributed by atoms with Crippen molar-refractivity contribution in [2.45, 2.75) is 12.1 Å². The van der Waals surface area contributed by atoms with Crippen LogP contribution in [0.15, 0.2) is 78.3 Å². The third-order valence-corrected chi connectivity index (χ3v) is 7.39. The molecule has 0 unspecified atom stereocenters. The van der Waals surface area contributed by atoms with Gasteiger partial charge in [0.25, 0.3) is 0 Å². The van der Waals surface area contributed by atoms with E-state index < -0.39 is 17.9 Å². The molecule has 3 aliphatic heterocycles. The van der Waals surface area contributed by atoms with Gasteiger partial charge < -0.3 is 4.90 Å². The summed E-state index contributed by atoms with van der Waals surface area (Å²) in [5.41, 5.74) is 2.56. The maximum Gasteiger partial charge on any atom is 0.240 e. The lowest BCUT2D eigenvalue weighted by Crippen LogP contribution is -2.44. The van der Waals surface area contributed by atoms with Crippen molar-refractivity contribution < 1.29 is 14.4 Å². The minimum Gasteiger partial charge on any atom is -0.358 e. The molecule has 3 aromatic rings. The molecule has 0 aliphatic carbocycles. The Kier molecular flexibility index (Phi) is 3.98. The summed E-state index contributed by atoms with van der Waals surface area (Å²) < 4.78 is 0. The first kappa shape index (κ1) is 18.3. The van der Waals surface area contributed by atoms with Gasteiger partial charge in [-0.15, -0.1) is 11.3 Å². The van der Waals surface area contributed by atoms with Crippen molar-refractivity contribution in [3.63, 3.8) is 0 Å². The van der Waals surface area contributed by atoms with Crippen LogP contribution in [-0.2, 0) is 9.59 Å². The Hall–Kier alpha value is -3.51. The summed E-state index contributed by atoms with van der Waals surface area (Å²) in [6, 6.07) is 19.5. The van der Waals surface area contributed by atoms with Crippen LogP contribution in [0.1, 0.15) is 26.8 Å². The number of benzene rings is 2. The molecule has 6 heteroatoms. The molecule has 0 N–H and O–H groups in total. The quantitative estimate of drug-likeness (QED) is 0.466. The summed E-state index contributed by atoms with van der Waals surface area (Å²) in [6.07, 6.45) is 3.85. The Labute approximate surface area is 183 Å². The highest BCUT2D eigenvalue weighted by atomic mass is 32.1. The Morgan fingerprint density at radius 2 is 1.58 bits per heavy atom. The molecule has 5 nitrogen and oxygen atoms in total. The fourth-order valence-electron chi connectivity index (χ4n) is 5.25. The molecule has 152 valence electrons. The van der Waals surface area contributed by atoms with Gasteiger partial charge in [0, 0.05) is 6.20 Å². The maximum absolute atomic E-state index is 13.7. The SMILES string of the molecule is O=C(c1cccs1)[C@@H]1[C@@H]2C(=O)N(c3ccccc3)C(=O)[C@H]2[C@H]2c3ccccc3C=CN12. The number of nitrogens with zero attached hydrogens (tertiary/aromatic N) is 2. The predicted octanol–water partition coefficient (Wildman–Crippen LogP) is 4.15. The van der Waals surface area contributed by atoms with E-state index in [1.54, 1.807) is 18.2 Å². The van der Waals surface area contributed by atoms with Crippen molar-refractivity contribution in [2.75, 3.05) is 4.90 Å². The van der Waals surface area contributed by atoms with Crippen molar-refractivity contribution in [2.24, 2.45) is 11.8 Å². The van der Waals surface area contributed by atoms with Gasteiger partial charge in [-0.25, -0.2) is 4.90 Å². The van der Waals surface area contributed by atoms with Crippen LogP contribution in [0.2, 0.25) is 0 Å². The smallest absolute Gasteiger partial charge is 0.240 e. The standard InChI is InChI=1S/C25H18N2O3S/c28-23(18-11-6-14-31-18)22-20-19(21-17-10-5-4-7-15(17)12-13-26(21)22)24(29)27(25(20)30)16-8-2-1-3-9-16/h1-14,19-22H/t19-,20-,21-,22+/m1/s1. The number of Topliss-reactive ketones (excluding diaryl/α,β-unsaturated/α-hetero) is 1. The van der Waals surface area contributed by atoms with Gasteiger partial charge in [-0.3, -0.25) is 14.4 Å². The van der Waals surface area contributed by atoms with Crippen molar-refractivity contribution in [1.82, 2.24) is 4.90 Å². The van der Waals surface area contributed by atoms with E-state index in [0.717, 1.165) is 11.1 Å². The molecule has 1 aromatic heterocycles. The minimum atomic E-state index is -0.719. The number of hydrogen-bond donors (Lipinski definition) is 0. The molecule has 31 heavy (non-hydrogen) atoms. The lowest BCUT2D eigenvalue weighted by molar-refractivity contribution is -0.123. The molecular formula is C25H18N2O3S.